The molecule has 1 aliphatic heterocycles. The van der Waals surface area contributed by atoms with Crippen LogP contribution in [0.4, 0.5) is 11.6 Å². The van der Waals surface area contributed by atoms with Gasteiger partial charge >= 0.3 is 0 Å². The number of hydrogen-bond acceptors (Lipinski definition) is 4. The van der Waals surface area contributed by atoms with E-state index in [0.717, 1.165) is 24.8 Å². The summed E-state index contributed by atoms with van der Waals surface area (Å²) in [5.74, 6) is 2.19. The molecule has 0 saturated carbocycles. The predicted molar refractivity (Wildman–Crippen MR) is 57.1 cm³/mol. The summed E-state index contributed by atoms with van der Waals surface area (Å²) < 4.78 is 0. The van der Waals surface area contributed by atoms with Crippen molar-refractivity contribution in [1.82, 2.24) is 10.2 Å². The van der Waals surface area contributed by atoms with Gasteiger partial charge in [0.25, 0.3) is 0 Å². The number of piperidine rings is 1. The molecule has 2 N–H and O–H groups in total. The van der Waals surface area contributed by atoms with Gasteiger partial charge in [0, 0.05) is 13.1 Å². The van der Waals surface area contributed by atoms with Crippen molar-refractivity contribution in [2.24, 2.45) is 5.92 Å². The molecule has 1 aliphatic rings. The van der Waals surface area contributed by atoms with Crippen molar-refractivity contribution in [3.63, 3.8) is 0 Å². The van der Waals surface area contributed by atoms with Gasteiger partial charge in [-0.15, -0.1) is 10.2 Å². The fraction of sp³-hybridized carbons (Fsp3) is 0.600. The monoisotopic (exact) mass is 192 g/mol. The Balaban J connectivity index is 2.10. The van der Waals surface area contributed by atoms with Gasteiger partial charge in [0.1, 0.15) is 5.82 Å². The average Bonchev–Trinajstić information content (AvgIpc) is 2.19. The summed E-state index contributed by atoms with van der Waals surface area (Å²) in [6, 6.07) is 3.75. The minimum absolute atomic E-state index is 0.485. The van der Waals surface area contributed by atoms with E-state index >= 15 is 0 Å². The van der Waals surface area contributed by atoms with Crippen molar-refractivity contribution < 1.29 is 0 Å². The number of nitrogens with zero attached hydrogens (tertiary/aromatic N) is 3. The van der Waals surface area contributed by atoms with Gasteiger partial charge in [0.15, 0.2) is 5.82 Å². The van der Waals surface area contributed by atoms with Crippen molar-refractivity contribution in [2.75, 3.05) is 23.7 Å². The van der Waals surface area contributed by atoms with E-state index in [1.54, 1.807) is 0 Å². The number of aromatic nitrogens is 2. The van der Waals surface area contributed by atoms with Crippen LogP contribution in [0.25, 0.3) is 0 Å². The minimum atomic E-state index is 0.485. The summed E-state index contributed by atoms with van der Waals surface area (Å²) in [6.45, 7) is 4.44. The Morgan fingerprint density at radius 3 is 2.93 bits per heavy atom. The van der Waals surface area contributed by atoms with E-state index in [1.165, 1.54) is 12.8 Å². The first-order valence-corrected chi connectivity index (χ1v) is 5.10. The van der Waals surface area contributed by atoms with Crippen LogP contribution in [0.2, 0.25) is 0 Å². The van der Waals surface area contributed by atoms with E-state index in [0.29, 0.717) is 5.82 Å². The minimum Gasteiger partial charge on any atom is -0.382 e. The summed E-state index contributed by atoms with van der Waals surface area (Å²) in [4.78, 5) is 2.28. The van der Waals surface area contributed by atoms with Crippen LogP contribution in [-0.4, -0.2) is 23.3 Å². The van der Waals surface area contributed by atoms with Gasteiger partial charge in [0.05, 0.1) is 0 Å². The first kappa shape index (κ1) is 9.24. The predicted octanol–water partition coefficient (Wildman–Crippen LogP) is 1.30. The molecule has 0 unspecified atom stereocenters. The van der Waals surface area contributed by atoms with E-state index in [4.69, 9.17) is 5.73 Å². The zero-order valence-corrected chi connectivity index (χ0v) is 8.48. The molecule has 4 heteroatoms. The van der Waals surface area contributed by atoms with Crippen molar-refractivity contribution in [2.45, 2.75) is 19.8 Å². The van der Waals surface area contributed by atoms with Crippen LogP contribution in [0, 0.1) is 5.92 Å². The zero-order valence-electron chi connectivity index (χ0n) is 8.48. The highest BCUT2D eigenvalue weighted by Gasteiger charge is 2.17. The van der Waals surface area contributed by atoms with Crippen molar-refractivity contribution in [3.8, 4) is 0 Å². The number of hydrogen-bond donors (Lipinski definition) is 1. The number of nitrogens with two attached hydrogens (primary N) is 1. The lowest BCUT2D eigenvalue weighted by molar-refractivity contribution is 0.444. The van der Waals surface area contributed by atoms with Crippen LogP contribution in [-0.2, 0) is 0 Å². The van der Waals surface area contributed by atoms with Crippen molar-refractivity contribution >= 4 is 11.6 Å². The highest BCUT2D eigenvalue weighted by Crippen LogP contribution is 2.20. The van der Waals surface area contributed by atoms with E-state index < -0.39 is 0 Å². The van der Waals surface area contributed by atoms with Crippen molar-refractivity contribution in [1.29, 1.82) is 0 Å². The van der Waals surface area contributed by atoms with Gasteiger partial charge in [-0.2, -0.15) is 0 Å². The van der Waals surface area contributed by atoms with Crippen LogP contribution < -0.4 is 10.6 Å². The smallest absolute Gasteiger partial charge is 0.151 e. The molecule has 0 amide bonds. The summed E-state index contributed by atoms with van der Waals surface area (Å²) in [7, 11) is 0. The normalized spacial score (nSPS) is 22.4. The highest BCUT2D eigenvalue weighted by atomic mass is 15.3. The van der Waals surface area contributed by atoms with Gasteiger partial charge in [-0.05, 0) is 30.9 Å². The van der Waals surface area contributed by atoms with Gasteiger partial charge in [-0.3, -0.25) is 0 Å². The molecule has 0 radical (unpaired) electrons. The Kier molecular flexibility index (Phi) is 2.52. The quantitative estimate of drug-likeness (QED) is 0.728. The second-order valence-electron chi connectivity index (χ2n) is 4.01. The average molecular weight is 192 g/mol. The summed E-state index contributed by atoms with van der Waals surface area (Å²) in [5, 5.41) is 7.95. The zero-order chi connectivity index (χ0) is 9.97. The number of anilines is 2. The highest BCUT2D eigenvalue weighted by molar-refractivity contribution is 5.41. The first-order valence-electron chi connectivity index (χ1n) is 5.10. The molecule has 2 heterocycles. The van der Waals surface area contributed by atoms with Crippen LogP contribution in [0.15, 0.2) is 12.1 Å². The van der Waals surface area contributed by atoms with Crippen LogP contribution in [0.3, 0.4) is 0 Å². The summed E-state index contributed by atoms with van der Waals surface area (Å²) in [6.07, 6.45) is 2.56. The molecule has 14 heavy (non-hydrogen) atoms. The maximum atomic E-state index is 5.49. The molecular weight excluding hydrogens is 176 g/mol. The Labute approximate surface area is 84.1 Å². The van der Waals surface area contributed by atoms with Crippen LogP contribution in [0.1, 0.15) is 19.8 Å². The topological polar surface area (TPSA) is 55.0 Å². The molecule has 1 saturated heterocycles. The molecule has 76 valence electrons. The van der Waals surface area contributed by atoms with E-state index in [9.17, 15) is 0 Å². The SMILES string of the molecule is C[C@H]1CCCN(c2ccc(N)nn2)C1. The van der Waals surface area contributed by atoms with Crippen molar-refractivity contribution in [3.05, 3.63) is 12.1 Å². The number of nitrogen functional groups attached to an aromatic ring is 1. The second kappa shape index (κ2) is 3.82. The third kappa shape index (κ3) is 1.95. The van der Waals surface area contributed by atoms with Gasteiger partial charge in [-0.1, -0.05) is 6.92 Å². The molecule has 1 aromatic rings. The molecule has 4 nitrogen and oxygen atoms in total. The Bertz CT molecular complexity index is 295. The molecular formula is C10H16N4. The maximum absolute atomic E-state index is 5.49. The van der Waals surface area contributed by atoms with Crippen LogP contribution in [0.5, 0.6) is 0 Å². The summed E-state index contributed by atoms with van der Waals surface area (Å²) in [5.41, 5.74) is 5.49. The van der Waals surface area contributed by atoms with Gasteiger partial charge in [0.2, 0.25) is 0 Å². The first-order chi connectivity index (χ1) is 6.75. The second-order valence-corrected chi connectivity index (χ2v) is 4.01. The Morgan fingerprint density at radius 1 is 1.43 bits per heavy atom. The molecule has 0 aromatic carbocycles. The molecule has 1 aromatic heterocycles. The van der Waals surface area contributed by atoms with E-state index in [-0.39, 0.29) is 0 Å². The molecule has 0 aliphatic carbocycles. The van der Waals surface area contributed by atoms with E-state index in [1.807, 2.05) is 12.1 Å². The van der Waals surface area contributed by atoms with Gasteiger partial charge < -0.3 is 10.6 Å². The van der Waals surface area contributed by atoms with Gasteiger partial charge in [-0.25, -0.2) is 0 Å². The molecule has 1 atom stereocenters. The molecule has 0 spiro atoms. The standard InChI is InChI=1S/C10H16N4/c1-8-3-2-6-14(7-8)10-5-4-9(11)12-13-10/h4-5,8H,2-3,6-7H2,1H3,(H2,11,12)/t8-/m0/s1. The fourth-order valence-electron chi connectivity index (χ4n) is 1.90. The lowest BCUT2D eigenvalue weighted by atomic mass is 10.0. The maximum Gasteiger partial charge on any atom is 0.151 e. The number of rotatable bonds is 1. The van der Waals surface area contributed by atoms with E-state index in [2.05, 4.69) is 22.0 Å². The largest absolute Gasteiger partial charge is 0.382 e. The lowest BCUT2D eigenvalue weighted by Crippen LogP contribution is -2.34. The lowest BCUT2D eigenvalue weighted by Gasteiger charge is -2.31. The Hall–Kier alpha value is -1.32. The summed E-state index contributed by atoms with van der Waals surface area (Å²) >= 11 is 0. The molecule has 0 bridgehead atoms. The fourth-order valence-corrected chi connectivity index (χ4v) is 1.90. The van der Waals surface area contributed by atoms with Crippen LogP contribution >= 0.6 is 0 Å². The Morgan fingerprint density at radius 2 is 2.29 bits per heavy atom. The molecule has 2 rings (SSSR count). The third-order valence-electron chi connectivity index (χ3n) is 2.65. The molecule has 1 fully saturated rings. The third-order valence-corrected chi connectivity index (χ3v) is 2.65.